The first-order chi connectivity index (χ1) is 23.3. The number of sulfonamides is 1. The van der Waals surface area contributed by atoms with Gasteiger partial charge < -0.3 is 30.1 Å². The maximum Gasteiger partial charge on any atom is 0.405 e. The molecule has 16 heteroatoms. The van der Waals surface area contributed by atoms with Gasteiger partial charge in [-0.25, -0.2) is 18.2 Å². The summed E-state index contributed by atoms with van der Waals surface area (Å²) in [6.07, 6.45) is 4.08. The second-order valence-electron chi connectivity index (χ2n) is 12.4. The maximum absolute atomic E-state index is 14.0. The van der Waals surface area contributed by atoms with Gasteiger partial charge in [0.2, 0.25) is 27.7 Å². The first-order valence-electron chi connectivity index (χ1n) is 15.9. The molecular formula is C33H39N5O10S. The Hall–Kier alpha value is -4.99. The van der Waals surface area contributed by atoms with E-state index in [0.717, 1.165) is 10.3 Å². The van der Waals surface area contributed by atoms with Crippen LogP contribution in [0.25, 0.3) is 10.8 Å². The van der Waals surface area contributed by atoms with Crippen LogP contribution in [0.2, 0.25) is 0 Å². The van der Waals surface area contributed by atoms with Crippen LogP contribution in [0.3, 0.4) is 0 Å². The number of fused-ring (bicyclic) bond motifs is 1. The number of carbonyl (C=O) groups excluding carboxylic acids is 4. The molecule has 5 atom stereocenters. The Balaban J connectivity index is 1.42. The molecule has 2 heterocycles. The first-order valence-corrected chi connectivity index (χ1v) is 17.4. The van der Waals surface area contributed by atoms with Crippen LogP contribution in [0.4, 0.5) is 4.79 Å². The van der Waals surface area contributed by atoms with Crippen LogP contribution in [0.1, 0.15) is 45.4 Å². The summed E-state index contributed by atoms with van der Waals surface area (Å²) in [7, 11) is -2.39. The van der Waals surface area contributed by atoms with E-state index in [2.05, 4.69) is 26.9 Å². The summed E-state index contributed by atoms with van der Waals surface area (Å²) in [6.45, 7) is 5.20. The molecule has 5 rings (SSSR count). The fourth-order valence-electron chi connectivity index (χ4n) is 6.06. The van der Waals surface area contributed by atoms with Crippen LogP contribution in [0, 0.1) is 5.92 Å². The molecule has 15 nitrogen and oxygen atoms in total. The highest BCUT2D eigenvalue weighted by atomic mass is 32.2. The third-order valence-electron chi connectivity index (χ3n) is 8.94. The van der Waals surface area contributed by atoms with Gasteiger partial charge in [-0.3, -0.25) is 23.9 Å². The number of benzene rings is 1. The van der Waals surface area contributed by atoms with Gasteiger partial charge in [0.25, 0.3) is 5.91 Å². The molecule has 2 aromatic rings. The topological polar surface area (TPSA) is 210 Å². The lowest BCUT2D eigenvalue weighted by Crippen LogP contribution is -2.58. The Kier molecular flexibility index (Phi) is 10.3. The SMILES string of the molecule is C=C[C@@H]1C[C@]1(NC(=O)[C@@H]1C[C@@H](Oc2nccc3cc(OC)ccc23)CN1C(=O)[C@H](CCC(=O)C=CC)NC(=O)O)C(=O)NS(=O)(=O)C1CC1. The molecule has 1 aromatic carbocycles. The van der Waals surface area contributed by atoms with Crippen molar-refractivity contribution in [1.29, 1.82) is 0 Å². The van der Waals surface area contributed by atoms with Crippen LogP contribution >= 0.6 is 0 Å². The molecule has 2 saturated carbocycles. The van der Waals surface area contributed by atoms with Crippen molar-refractivity contribution in [2.75, 3.05) is 13.7 Å². The van der Waals surface area contributed by atoms with E-state index >= 15 is 0 Å². The van der Waals surface area contributed by atoms with Gasteiger partial charge in [0.1, 0.15) is 29.5 Å². The number of rotatable bonds is 15. The monoisotopic (exact) mass is 697 g/mol. The van der Waals surface area contributed by atoms with E-state index in [1.807, 2.05) is 0 Å². The fraction of sp³-hybridized carbons (Fsp3) is 0.455. The standard InChI is InChI=1S/C33H39N5O10S/c1-4-6-21(39)7-12-26(35-32(43)44)30(41)38-18-23(48-29-25-11-8-22(47-3)15-19(25)13-14-34-29)16-27(38)28(40)36-33(17-20(33)5-2)31(42)37-49(45,46)24-9-10-24/h4-6,8,11,13-15,20,23-24,26-27,35H,2,7,9-10,12,16-18H2,1,3H3,(H,36,40)(H,37,42)(H,43,44)/t20-,23-,26+,27+,33-/m1/s1. The number of nitrogens with one attached hydrogen (secondary N) is 3. The maximum atomic E-state index is 14.0. The minimum absolute atomic E-state index is 0.0695. The van der Waals surface area contributed by atoms with Gasteiger partial charge in [-0.15, -0.1) is 6.58 Å². The van der Waals surface area contributed by atoms with Crippen molar-refractivity contribution in [2.24, 2.45) is 5.92 Å². The molecule has 1 saturated heterocycles. The molecule has 4 N–H and O–H groups in total. The molecule has 1 aliphatic heterocycles. The Morgan fingerprint density at radius 1 is 1.20 bits per heavy atom. The minimum atomic E-state index is -3.93. The summed E-state index contributed by atoms with van der Waals surface area (Å²) in [5, 5.41) is 15.1. The van der Waals surface area contributed by atoms with Crippen LogP contribution in [0.15, 0.2) is 55.3 Å². The zero-order valence-electron chi connectivity index (χ0n) is 27.1. The van der Waals surface area contributed by atoms with Crippen LogP contribution < -0.4 is 24.8 Å². The van der Waals surface area contributed by atoms with E-state index in [4.69, 9.17) is 9.47 Å². The highest BCUT2D eigenvalue weighted by Crippen LogP contribution is 2.45. The van der Waals surface area contributed by atoms with Gasteiger partial charge in [-0.1, -0.05) is 12.2 Å². The number of likely N-dealkylation sites (tertiary alicyclic amines) is 1. The number of carbonyl (C=O) groups is 5. The number of amides is 4. The van der Waals surface area contributed by atoms with Gasteiger partial charge in [-0.2, -0.15) is 0 Å². The number of nitrogens with zero attached hydrogens (tertiary/aromatic N) is 2. The number of hydrogen-bond donors (Lipinski definition) is 4. The minimum Gasteiger partial charge on any atom is -0.497 e. The number of ether oxygens (including phenoxy) is 2. The molecule has 4 amide bonds. The third-order valence-corrected chi connectivity index (χ3v) is 10.8. The van der Waals surface area contributed by atoms with Crippen molar-refractivity contribution in [1.82, 2.24) is 25.2 Å². The average molecular weight is 698 g/mol. The number of aromatic nitrogens is 1. The van der Waals surface area contributed by atoms with Crippen LogP contribution in [-0.2, 0) is 29.2 Å². The number of hydrogen-bond acceptors (Lipinski definition) is 10. The zero-order valence-corrected chi connectivity index (χ0v) is 27.9. The molecule has 1 aromatic heterocycles. The zero-order chi connectivity index (χ0) is 35.5. The molecule has 0 bridgehead atoms. The lowest BCUT2D eigenvalue weighted by molar-refractivity contribution is -0.141. The Morgan fingerprint density at radius 3 is 2.59 bits per heavy atom. The van der Waals surface area contributed by atoms with Crippen molar-refractivity contribution >= 4 is 50.4 Å². The van der Waals surface area contributed by atoms with E-state index in [0.29, 0.717) is 24.0 Å². The van der Waals surface area contributed by atoms with Gasteiger partial charge in [0, 0.05) is 30.3 Å². The molecule has 0 radical (unpaired) electrons. The first kappa shape index (κ1) is 35.3. The largest absolute Gasteiger partial charge is 0.497 e. The Labute approximate surface area is 283 Å². The van der Waals surface area contributed by atoms with Crippen LogP contribution in [0.5, 0.6) is 11.6 Å². The molecular weight excluding hydrogens is 658 g/mol. The Bertz CT molecular complexity index is 1810. The molecule has 3 aliphatic rings. The lowest BCUT2D eigenvalue weighted by Gasteiger charge is -2.29. The smallest absolute Gasteiger partial charge is 0.405 e. The van der Waals surface area contributed by atoms with Gasteiger partial charge in [-0.05, 0) is 68.3 Å². The fourth-order valence-corrected chi connectivity index (χ4v) is 7.43. The molecule has 3 fully saturated rings. The van der Waals surface area contributed by atoms with Crippen LogP contribution in [-0.4, -0.2) is 95.6 Å². The molecule has 262 valence electrons. The summed E-state index contributed by atoms with van der Waals surface area (Å²) < 4.78 is 38.8. The number of carboxylic acid groups (broad SMARTS) is 1. The number of ketones is 1. The van der Waals surface area contributed by atoms with Gasteiger partial charge in [0.15, 0.2) is 5.78 Å². The summed E-state index contributed by atoms with van der Waals surface area (Å²) in [6, 6.07) is 4.41. The summed E-state index contributed by atoms with van der Waals surface area (Å²) in [5.41, 5.74) is -1.61. The number of allylic oxidation sites excluding steroid dienone is 2. The van der Waals surface area contributed by atoms with E-state index in [1.165, 1.54) is 31.5 Å². The highest BCUT2D eigenvalue weighted by Gasteiger charge is 2.62. The molecule has 0 unspecified atom stereocenters. The van der Waals surface area contributed by atoms with Crippen molar-refractivity contribution in [3.63, 3.8) is 0 Å². The summed E-state index contributed by atoms with van der Waals surface area (Å²) >= 11 is 0. The van der Waals surface area contributed by atoms with E-state index in [1.54, 1.807) is 31.2 Å². The second kappa shape index (κ2) is 14.2. The van der Waals surface area contributed by atoms with E-state index in [9.17, 15) is 37.5 Å². The predicted molar refractivity (Wildman–Crippen MR) is 176 cm³/mol. The normalized spacial score (nSPS) is 23.8. The van der Waals surface area contributed by atoms with Gasteiger partial charge in [0.05, 0.1) is 18.9 Å². The Morgan fingerprint density at radius 2 is 1.96 bits per heavy atom. The second-order valence-corrected chi connectivity index (χ2v) is 14.3. The van der Waals surface area contributed by atoms with Gasteiger partial charge >= 0.3 is 6.09 Å². The summed E-state index contributed by atoms with van der Waals surface area (Å²) in [4.78, 5) is 70.7. The number of pyridine rings is 1. The molecule has 0 spiro atoms. The molecule has 2 aliphatic carbocycles. The van der Waals surface area contributed by atoms with Crippen molar-refractivity contribution in [2.45, 2.75) is 74.4 Å². The third kappa shape index (κ3) is 7.85. The summed E-state index contributed by atoms with van der Waals surface area (Å²) in [5.74, 6) is -2.48. The molecule has 49 heavy (non-hydrogen) atoms. The lowest BCUT2D eigenvalue weighted by atomic mass is 10.1. The quantitative estimate of drug-likeness (QED) is 0.156. The van der Waals surface area contributed by atoms with E-state index in [-0.39, 0.29) is 43.9 Å². The van der Waals surface area contributed by atoms with Crippen molar-refractivity contribution < 1.29 is 47.0 Å². The average Bonchev–Trinajstić information content (AvgIpc) is 3.99. The van der Waals surface area contributed by atoms with Crippen molar-refractivity contribution in [3.8, 4) is 11.6 Å². The highest BCUT2D eigenvalue weighted by molar-refractivity contribution is 7.91. The van der Waals surface area contributed by atoms with Crippen molar-refractivity contribution in [3.05, 3.63) is 55.3 Å². The number of methoxy groups -OCH3 is 1. The predicted octanol–water partition coefficient (Wildman–Crippen LogP) is 1.82. The van der Waals surface area contributed by atoms with E-state index < -0.39 is 68.7 Å².